The minimum Gasteiger partial charge on any atom is -0.308 e. The topological polar surface area (TPSA) is 66.5 Å². The van der Waals surface area contributed by atoms with Crippen molar-refractivity contribution in [1.82, 2.24) is 0 Å². The van der Waals surface area contributed by atoms with Gasteiger partial charge in [0.1, 0.15) is 0 Å². The fourth-order valence-corrected chi connectivity index (χ4v) is 5.04. The molecule has 31 heavy (non-hydrogen) atoms. The molecule has 1 N–H and O–H groups in total. The predicted molar refractivity (Wildman–Crippen MR) is 124 cm³/mol. The van der Waals surface area contributed by atoms with Crippen molar-refractivity contribution in [3.8, 4) is 0 Å². The zero-order valence-electron chi connectivity index (χ0n) is 18.0. The third-order valence-corrected chi connectivity index (χ3v) is 7.24. The van der Waals surface area contributed by atoms with Crippen molar-refractivity contribution in [2.45, 2.75) is 38.5 Å². The fourth-order valence-electron chi connectivity index (χ4n) is 3.87. The zero-order valence-corrected chi connectivity index (χ0v) is 18.8. The summed E-state index contributed by atoms with van der Waals surface area (Å²) in [5, 5.41) is 0. The molecule has 3 aromatic rings. The van der Waals surface area contributed by atoms with E-state index in [1.807, 2.05) is 57.2 Å². The Morgan fingerprint density at radius 2 is 1.71 bits per heavy atom. The van der Waals surface area contributed by atoms with Crippen LogP contribution >= 0.6 is 0 Å². The molecule has 0 bridgehead atoms. The number of amides is 1. The molecule has 5 nitrogen and oxygen atoms in total. The number of aryl methyl sites for hydroxylation is 3. The maximum Gasteiger partial charge on any atom is 0.261 e. The van der Waals surface area contributed by atoms with Gasteiger partial charge in [-0.05, 0) is 86.7 Å². The Morgan fingerprint density at radius 3 is 2.45 bits per heavy atom. The first-order valence-electron chi connectivity index (χ1n) is 10.4. The summed E-state index contributed by atoms with van der Waals surface area (Å²) in [6, 6.07) is 18.1. The molecule has 160 valence electrons. The Hall–Kier alpha value is -3.12. The monoisotopic (exact) mass is 434 g/mol. The van der Waals surface area contributed by atoms with Gasteiger partial charge in [-0.15, -0.1) is 0 Å². The van der Waals surface area contributed by atoms with Crippen LogP contribution in [0.4, 0.5) is 11.4 Å². The first-order valence-corrected chi connectivity index (χ1v) is 11.8. The molecule has 0 unspecified atom stereocenters. The van der Waals surface area contributed by atoms with Crippen LogP contribution in [0.1, 0.15) is 39.0 Å². The second-order valence-electron chi connectivity index (χ2n) is 8.07. The Balaban J connectivity index is 1.64. The number of nitrogens with one attached hydrogen (secondary N) is 1. The van der Waals surface area contributed by atoms with Crippen molar-refractivity contribution >= 4 is 27.3 Å². The minimum atomic E-state index is -3.73. The van der Waals surface area contributed by atoms with E-state index in [0.29, 0.717) is 17.8 Å². The van der Waals surface area contributed by atoms with Crippen molar-refractivity contribution in [2.75, 3.05) is 16.2 Å². The van der Waals surface area contributed by atoms with Gasteiger partial charge in [-0.3, -0.25) is 9.52 Å². The smallest absolute Gasteiger partial charge is 0.261 e. The van der Waals surface area contributed by atoms with E-state index >= 15 is 0 Å². The number of carbonyl (C=O) groups excluding carboxylic acids is 1. The molecule has 0 radical (unpaired) electrons. The third-order valence-electron chi connectivity index (χ3n) is 5.87. The highest BCUT2D eigenvalue weighted by atomic mass is 32.2. The van der Waals surface area contributed by atoms with Crippen molar-refractivity contribution in [1.29, 1.82) is 0 Å². The second-order valence-corrected chi connectivity index (χ2v) is 9.75. The highest BCUT2D eigenvalue weighted by molar-refractivity contribution is 7.92. The van der Waals surface area contributed by atoms with E-state index in [2.05, 4.69) is 4.72 Å². The molecule has 1 aliphatic heterocycles. The Morgan fingerprint density at radius 1 is 0.968 bits per heavy atom. The highest BCUT2D eigenvalue weighted by Crippen LogP contribution is 2.31. The zero-order chi connectivity index (χ0) is 22.2. The molecule has 1 heterocycles. The number of anilines is 2. The third kappa shape index (κ3) is 4.21. The van der Waals surface area contributed by atoms with Crippen LogP contribution in [0.25, 0.3) is 0 Å². The van der Waals surface area contributed by atoms with Crippen LogP contribution in [-0.4, -0.2) is 20.9 Å². The maximum atomic E-state index is 13.1. The van der Waals surface area contributed by atoms with E-state index in [4.69, 9.17) is 0 Å². The second kappa shape index (κ2) is 8.19. The molecule has 0 fully saturated rings. The van der Waals surface area contributed by atoms with Gasteiger partial charge in [0.2, 0.25) is 0 Å². The van der Waals surface area contributed by atoms with Crippen molar-refractivity contribution in [2.24, 2.45) is 0 Å². The SMILES string of the molecule is Cc1ccc(C(=O)N2CCCc3cc(S(=O)(=O)Nc4cccc(C)c4C)ccc32)cc1. The van der Waals surface area contributed by atoms with Crippen LogP contribution in [0.2, 0.25) is 0 Å². The van der Waals surface area contributed by atoms with Crippen molar-refractivity contribution in [3.05, 3.63) is 88.5 Å². The van der Waals surface area contributed by atoms with E-state index in [1.165, 1.54) is 0 Å². The van der Waals surface area contributed by atoms with E-state index in [-0.39, 0.29) is 10.8 Å². The van der Waals surface area contributed by atoms with E-state index < -0.39 is 10.0 Å². The quantitative estimate of drug-likeness (QED) is 0.628. The number of fused-ring (bicyclic) bond motifs is 1. The van der Waals surface area contributed by atoms with Crippen molar-refractivity contribution < 1.29 is 13.2 Å². The van der Waals surface area contributed by atoms with Crippen LogP contribution in [0, 0.1) is 20.8 Å². The number of rotatable bonds is 4. The van der Waals surface area contributed by atoms with Crippen LogP contribution in [0.3, 0.4) is 0 Å². The molecule has 0 atom stereocenters. The largest absolute Gasteiger partial charge is 0.308 e. The summed E-state index contributed by atoms with van der Waals surface area (Å²) in [6.07, 6.45) is 1.53. The molecule has 1 aliphatic rings. The number of sulfonamides is 1. The number of benzene rings is 3. The van der Waals surface area contributed by atoms with Gasteiger partial charge in [0.05, 0.1) is 10.6 Å². The lowest BCUT2D eigenvalue weighted by atomic mass is 10.0. The average Bonchev–Trinajstić information content (AvgIpc) is 2.76. The summed E-state index contributed by atoms with van der Waals surface area (Å²) in [5.74, 6) is -0.0648. The molecule has 3 aromatic carbocycles. The molecule has 0 aromatic heterocycles. The van der Waals surface area contributed by atoms with E-state index in [9.17, 15) is 13.2 Å². The van der Waals surface area contributed by atoms with Gasteiger partial charge in [-0.2, -0.15) is 0 Å². The summed E-state index contributed by atoms with van der Waals surface area (Å²) >= 11 is 0. The molecule has 1 amide bonds. The van der Waals surface area contributed by atoms with Gasteiger partial charge in [-0.25, -0.2) is 8.42 Å². The summed E-state index contributed by atoms with van der Waals surface area (Å²) in [5.41, 5.74) is 5.88. The lowest BCUT2D eigenvalue weighted by Crippen LogP contribution is -2.35. The lowest BCUT2D eigenvalue weighted by Gasteiger charge is -2.30. The Bertz CT molecular complexity index is 1250. The summed E-state index contributed by atoms with van der Waals surface area (Å²) in [6.45, 7) is 6.45. The number of hydrogen-bond acceptors (Lipinski definition) is 3. The Labute approximate surface area is 183 Å². The fraction of sp³-hybridized carbons (Fsp3) is 0.240. The normalized spacial score (nSPS) is 13.6. The first-order chi connectivity index (χ1) is 14.8. The Kier molecular flexibility index (Phi) is 5.58. The summed E-state index contributed by atoms with van der Waals surface area (Å²) in [4.78, 5) is 15.0. The van der Waals surface area contributed by atoms with Crippen LogP contribution in [0.5, 0.6) is 0 Å². The molecule has 4 rings (SSSR count). The molecule has 0 saturated carbocycles. The van der Waals surface area contributed by atoms with Gasteiger partial charge in [0.15, 0.2) is 0 Å². The van der Waals surface area contributed by atoms with Gasteiger partial charge in [-0.1, -0.05) is 29.8 Å². The average molecular weight is 435 g/mol. The van der Waals surface area contributed by atoms with E-state index in [1.54, 1.807) is 29.2 Å². The highest BCUT2D eigenvalue weighted by Gasteiger charge is 2.26. The summed E-state index contributed by atoms with van der Waals surface area (Å²) in [7, 11) is -3.73. The van der Waals surface area contributed by atoms with Crippen LogP contribution in [0.15, 0.2) is 65.6 Å². The maximum absolute atomic E-state index is 13.1. The van der Waals surface area contributed by atoms with Crippen LogP contribution < -0.4 is 9.62 Å². The number of hydrogen-bond donors (Lipinski definition) is 1. The van der Waals surface area contributed by atoms with Gasteiger partial charge in [0, 0.05) is 17.8 Å². The molecule has 0 saturated heterocycles. The number of carbonyl (C=O) groups is 1. The van der Waals surface area contributed by atoms with Crippen LogP contribution in [-0.2, 0) is 16.4 Å². The standard InChI is InChI=1S/C25H26N2O3S/c1-17-9-11-20(12-10-17)25(28)27-15-5-7-21-16-22(13-14-24(21)27)31(29,30)26-23-8-4-6-18(2)19(23)3/h4,6,8-14,16,26H,5,7,15H2,1-3H3. The van der Waals surface area contributed by atoms with Gasteiger partial charge < -0.3 is 4.90 Å². The van der Waals surface area contributed by atoms with Crippen molar-refractivity contribution in [3.63, 3.8) is 0 Å². The summed E-state index contributed by atoms with van der Waals surface area (Å²) < 4.78 is 28.8. The molecule has 0 spiro atoms. The minimum absolute atomic E-state index is 0.0648. The number of nitrogens with zero attached hydrogens (tertiary/aromatic N) is 1. The molecule has 6 heteroatoms. The predicted octanol–water partition coefficient (Wildman–Crippen LogP) is 5.01. The van der Waals surface area contributed by atoms with Gasteiger partial charge >= 0.3 is 0 Å². The molecule has 0 aliphatic carbocycles. The lowest BCUT2D eigenvalue weighted by molar-refractivity contribution is 0.0985. The first kappa shape index (κ1) is 21.1. The molecular weight excluding hydrogens is 408 g/mol. The van der Waals surface area contributed by atoms with E-state index in [0.717, 1.165) is 40.8 Å². The van der Waals surface area contributed by atoms with Gasteiger partial charge in [0.25, 0.3) is 15.9 Å². The molecular formula is C25H26N2O3S.